The summed E-state index contributed by atoms with van der Waals surface area (Å²) >= 11 is 0. The highest BCUT2D eigenvalue weighted by molar-refractivity contribution is 7.86. The van der Waals surface area contributed by atoms with Gasteiger partial charge in [0.25, 0.3) is 10.2 Å². The van der Waals surface area contributed by atoms with E-state index in [9.17, 15) is 13.5 Å². The fourth-order valence-corrected chi connectivity index (χ4v) is 6.02. The number of hydrogen-bond donors (Lipinski definition) is 1. The first-order chi connectivity index (χ1) is 12.3. The molecule has 26 heavy (non-hydrogen) atoms. The van der Waals surface area contributed by atoms with E-state index in [4.69, 9.17) is 0 Å². The average Bonchev–Trinajstić information content (AvgIpc) is 3.04. The molecule has 0 aromatic heterocycles. The summed E-state index contributed by atoms with van der Waals surface area (Å²) in [4.78, 5) is 2.48. The van der Waals surface area contributed by atoms with E-state index in [1.54, 1.807) is 18.4 Å². The minimum absolute atomic E-state index is 0.0246. The second-order valence-electron chi connectivity index (χ2n) is 8.27. The van der Waals surface area contributed by atoms with Crippen molar-refractivity contribution in [2.75, 3.05) is 40.3 Å². The van der Waals surface area contributed by atoms with Gasteiger partial charge in [-0.3, -0.25) is 4.90 Å². The van der Waals surface area contributed by atoms with Crippen LogP contribution in [-0.2, 0) is 23.1 Å². The third-order valence-corrected chi connectivity index (χ3v) is 8.51. The lowest BCUT2D eigenvalue weighted by molar-refractivity contribution is -0.108. The molecule has 1 N–H and O–H groups in total. The molecule has 6 nitrogen and oxygen atoms in total. The molecule has 0 unspecified atom stereocenters. The van der Waals surface area contributed by atoms with Gasteiger partial charge in [0, 0.05) is 52.2 Å². The molecule has 1 aliphatic carbocycles. The van der Waals surface area contributed by atoms with Crippen LogP contribution < -0.4 is 0 Å². The van der Waals surface area contributed by atoms with Crippen LogP contribution in [0.4, 0.5) is 0 Å². The Kier molecular flexibility index (Phi) is 4.64. The van der Waals surface area contributed by atoms with Crippen molar-refractivity contribution in [1.82, 2.24) is 13.5 Å². The molecule has 2 atom stereocenters. The summed E-state index contributed by atoms with van der Waals surface area (Å²) in [6, 6.07) is 9.09. The number of aliphatic hydroxyl groups is 1. The van der Waals surface area contributed by atoms with Crippen LogP contribution >= 0.6 is 0 Å². The fraction of sp³-hybridized carbons (Fsp3) is 0.684. The number of likely N-dealkylation sites (tertiary alicyclic amines) is 1. The molecular weight excluding hydrogens is 350 g/mol. The number of benzene rings is 1. The molecular formula is C19H29N3O3S. The van der Waals surface area contributed by atoms with Gasteiger partial charge in [0.15, 0.2) is 0 Å². The Labute approximate surface area is 156 Å². The molecule has 144 valence electrons. The van der Waals surface area contributed by atoms with Crippen LogP contribution in [0.2, 0.25) is 0 Å². The van der Waals surface area contributed by atoms with E-state index in [-0.39, 0.29) is 5.92 Å². The number of hydrogen-bond acceptors (Lipinski definition) is 4. The number of rotatable bonds is 3. The first-order valence-corrected chi connectivity index (χ1v) is 10.9. The topological polar surface area (TPSA) is 64.1 Å². The molecule has 4 rings (SSSR count). The predicted molar refractivity (Wildman–Crippen MR) is 101 cm³/mol. The zero-order valence-corrected chi connectivity index (χ0v) is 16.5. The van der Waals surface area contributed by atoms with Crippen molar-refractivity contribution >= 4 is 10.2 Å². The van der Waals surface area contributed by atoms with Gasteiger partial charge in [0.05, 0.1) is 5.60 Å². The Morgan fingerprint density at radius 1 is 1.08 bits per heavy atom. The van der Waals surface area contributed by atoms with E-state index in [1.165, 1.54) is 15.4 Å². The van der Waals surface area contributed by atoms with Gasteiger partial charge in [0.2, 0.25) is 0 Å². The van der Waals surface area contributed by atoms with E-state index in [0.29, 0.717) is 25.6 Å². The van der Waals surface area contributed by atoms with Crippen molar-refractivity contribution in [3.63, 3.8) is 0 Å². The van der Waals surface area contributed by atoms with Gasteiger partial charge < -0.3 is 5.11 Å². The minimum Gasteiger partial charge on any atom is -0.389 e. The molecule has 0 spiro atoms. The van der Waals surface area contributed by atoms with Gasteiger partial charge in [0.1, 0.15) is 0 Å². The Balaban J connectivity index is 1.48. The van der Waals surface area contributed by atoms with Crippen LogP contribution in [-0.4, -0.2) is 79.0 Å². The highest BCUT2D eigenvalue weighted by atomic mass is 32.2. The predicted octanol–water partition coefficient (Wildman–Crippen LogP) is 0.719. The summed E-state index contributed by atoms with van der Waals surface area (Å²) in [5.74, 6) is -0.0246. The largest absolute Gasteiger partial charge is 0.389 e. The minimum atomic E-state index is -3.42. The smallest absolute Gasteiger partial charge is 0.281 e. The van der Waals surface area contributed by atoms with Gasteiger partial charge >= 0.3 is 0 Å². The van der Waals surface area contributed by atoms with Crippen LogP contribution in [0.15, 0.2) is 24.3 Å². The first kappa shape index (κ1) is 18.4. The van der Waals surface area contributed by atoms with Crippen LogP contribution in [0.25, 0.3) is 0 Å². The normalized spacial score (nSPS) is 31.2. The van der Waals surface area contributed by atoms with E-state index < -0.39 is 15.8 Å². The van der Waals surface area contributed by atoms with Crippen LogP contribution in [0.3, 0.4) is 0 Å². The van der Waals surface area contributed by atoms with Crippen molar-refractivity contribution in [2.24, 2.45) is 5.92 Å². The van der Waals surface area contributed by atoms with Crippen molar-refractivity contribution < 1.29 is 13.5 Å². The molecule has 0 saturated carbocycles. The highest BCUT2D eigenvalue weighted by Gasteiger charge is 2.48. The quantitative estimate of drug-likeness (QED) is 0.841. The average molecular weight is 380 g/mol. The molecule has 3 aliphatic rings. The lowest BCUT2D eigenvalue weighted by Gasteiger charge is -2.51. The van der Waals surface area contributed by atoms with Crippen LogP contribution in [0.1, 0.15) is 24.0 Å². The molecule has 1 aromatic rings. The van der Waals surface area contributed by atoms with Crippen molar-refractivity contribution in [3.05, 3.63) is 35.4 Å². The Morgan fingerprint density at radius 2 is 1.69 bits per heavy atom. The number of fused-ring (bicyclic) bond motifs is 2. The Hall–Kier alpha value is -0.990. The SMILES string of the molecule is CN(C)S(=O)(=O)N1CC[C@]2(O)CCN(C3Cc4ccccc4C3)C[C@@H]2C1. The van der Waals surface area contributed by atoms with Gasteiger partial charge in [-0.15, -0.1) is 0 Å². The van der Waals surface area contributed by atoms with Gasteiger partial charge in [-0.25, -0.2) is 0 Å². The summed E-state index contributed by atoms with van der Waals surface area (Å²) in [5.41, 5.74) is 2.14. The van der Waals surface area contributed by atoms with Gasteiger partial charge in [-0.1, -0.05) is 24.3 Å². The van der Waals surface area contributed by atoms with Crippen molar-refractivity contribution in [2.45, 2.75) is 37.3 Å². The molecule has 2 fully saturated rings. The summed E-state index contributed by atoms with van der Waals surface area (Å²) in [5, 5.41) is 11.1. The number of nitrogens with zero attached hydrogens (tertiary/aromatic N) is 3. The van der Waals surface area contributed by atoms with E-state index >= 15 is 0 Å². The molecule has 2 heterocycles. The van der Waals surface area contributed by atoms with Crippen LogP contribution in [0, 0.1) is 5.92 Å². The second-order valence-corrected chi connectivity index (χ2v) is 10.4. The maximum absolute atomic E-state index is 12.5. The molecule has 2 aliphatic heterocycles. The standard InChI is InChI=1S/C19H29N3O3S/c1-20(2)26(24,25)22-10-8-19(23)7-9-21(13-17(19)14-22)18-11-15-5-3-4-6-16(15)12-18/h3-6,17-18,23H,7-14H2,1-2H3/t17-,19-/m1/s1. The lowest BCUT2D eigenvalue weighted by Crippen LogP contribution is -2.62. The maximum Gasteiger partial charge on any atom is 0.281 e. The summed E-state index contributed by atoms with van der Waals surface area (Å²) in [6.07, 6.45) is 3.38. The Morgan fingerprint density at radius 3 is 2.31 bits per heavy atom. The fourth-order valence-electron chi connectivity index (χ4n) is 4.86. The molecule has 1 aromatic carbocycles. The summed E-state index contributed by atoms with van der Waals surface area (Å²) in [7, 11) is -0.283. The number of piperidine rings is 2. The van der Waals surface area contributed by atoms with E-state index in [2.05, 4.69) is 29.2 Å². The highest BCUT2D eigenvalue weighted by Crippen LogP contribution is 2.38. The zero-order chi connectivity index (χ0) is 18.5. The molecule has 0 bridgehead atoms. The molecule has 2 saturated heterocycles. The maximum atomic E-state index is 12.5. The third kappa shape index (κ3) is 3.10. The lowest BCUT2D eigenvalue weighted by atomic mass is 9.76. The second kappa shape index (κ2) is 6.56. The van der Waals surface area contributed by atoms with Crippen molar-refractivity contribution in [1.29, 1.82) is 0 Å². The van der Waals surface area contributed by atoms with Gasteiger partial charge in [-0.2, -0.15) is 17.0 Å². The third-order valence-electron chi connectivity index (χ3n) is 6.60. The van der Waals surface area contributed by atoms with E-state index in [0.717, 1.165) is 32.4 Å². The van der Waals surface area contributed by atoms with E-state index in [1.807, 2.05) is 0 Å². The van der Waals surface area contributed by atoms with Crippen LogP contribution in [0.5, 0.6) is 0 Å². The molecule has 0 radical (unpaired) electrons. The van der Waals surface area contributed by atoms with Crippen molar-refractivity contribution in [3.8, 4) is 0 Å². The van der Waals surface area contributed by atoms with Gasteiger partial charge in [-0.05, 0) is 36.8 Å². The summed E-state index contributed by atoms with van der Waals surface area (Å²) in [6.45, 7) is 2.48. The zero-order valence-electron chi connectivity index (χ0n) is 15.6. The Bertz CT molecular complexity index is 757. The monoisotopic (exact) mass is 379 g/mol. The molecule has 0 amide bonds. The first-order valence-electron chi connectivity index (χ1n) is 9.50. The summed E-state index contributed by atoms with van der Waals surface area (Å²) < 4.78 is 27.8. The molecule has 7 heteroatoms.